The van der Waals surface area contributed by atoms with Crippen molar-refractivity contribution in [2.24, 2.45) is 5.73 Å². The number of likely N-dealkylation sites (N-methyl/N-ethyl adjacent to an activating group) is 1. The molecule has 0 fully saturated rings. The number of benzene rings is 2. The Morgan fingerprint density at radius 1 is 1.08 bits per heavy atom. The van der Waals surface area contributed by atoms with Gasteiger partial charge in [0.05, 0.1) is 12.6 Å². The molecule has 2 aromatic rings. The molecule has 0 unspecified atom stereocenters. The van der Waals surface area contributed by atoms with Crippen molar-refractivity contribution in [3.63, 3.8) is 0 Å². The van der Waals surface area contributed by atoms with Gasteiger partial charge >= 0.3 is 0 Å². The number of hydrogen-bond donors (Lipinski definition) is 3. The number of nitrogens with two attached hydrogens (primary N) is 1. The molecule has 0 spiro atoms. The maximum absolute atomic E-state index is 12.3. The van der Waals surface area contributed by atoms with E-state index < -0.39 is 6.04 Å². The largest absolute Gasteiger partial charge is 0.508 e. The SMILES string of the molecule is CN(CC(=O)NCCc1ccc(O)cc1)C(=O)[C@H](N)Cc1ccccc1. The first kappa shape index (κ1) is 19.5. The van der Waals surface area contributed by atoms with Gasteiger partial charge in [0, 0.05) is 13.6 Å². The van der Waals surface area contributed by atoms with E-state index in [0.29, 0.717) is 19.4 Å². The molecule has 0 radical (unpaired) electrons. The van der Waals surface area contributed by atoms with Gasteiger partial charge < -0.3 is 21.1 Å². The van der Waals surface area contributed by atoms with Gasteiger partial charge in [0.1, 0.15) is 5.75 Å². The van der Waals surface area contributed by atoms with Crippen LogP contribution in [0.5, 0.6) is 5.75 Å². The molecule has 0 aliphatic carbocycles. The van der Waals surface area contributed by atoms with Crippen LogP contribution in [0.1, 0.15) is 11.1 Å². The molecule has 2 rings (SSSR count). The quantitative estimate of drug-likeness (QED) is 0.660. The van der Waals surface area contributed by atoms with Gasteiger partial charge in [-0.1, -0.05) is 42.5 Å². The average Bonchev–Trinajstić information content (AvgIpc) is 2.63. The molecule has 0 heterocycles. The molecule has 1 atom stereocenters. The van der Waals surface area contributed by atoms with Crippen LogP contribution >= 0.6 is 0 Å². The standard InChI is InChI=1S/C20H25N3O3/c1-23(20(26)18(21)13-16-5-3-2-4-6-16)14-19(25)22-12-11-15-7-9-17(24)10-8-15/h2-10,18,24H,11-14,21H2,1H3,(H,22,25)/t18-/m1/s1. The number of amides is 2. The minimum Gasteiger partial charge on any atom is -0.508 e. The smallest absolute Gasteiger partial charge is 0.240 e. The fourth-order valence-electron chi connectivity index (χ4n) is 2.60. The van der Waals surface area contributed by atoms with Crippen molar-refractivity contribution in [3.8, 4) is 5.75 Å². The number of rotatable bonds is 8. The second kappa shape index (κ2) is 9.58. The average molecular weight is 355 g/mol. The van der Waals surface area contributed by atoms with Gasteiger partial charge in [-0.15, -0.1) is 0 Å². The summed E-state index contributed by atoms with van der Waals surface area (Å²) in [5.74, 6) is -0.279. The topological polar surface area (TPSA) is 95.7 Å². The van der Waals surface area contributed by atoms with Crippen LogP contribution in [-0.4, -0.2) is 48.0 Å². The van der Waals surface area contributed by atoms with E-state index in [9.17, 15) is 14.7 Å². The van der Waals surface area contributed by atoms with Gasteiger partial charge in [0.2, 0.25) is 11.8 Å². The van der Waals surface area contributed by atoms with Gasteiger partial charge in [0.15, 0.2) is 0 Å². The summed E-state index contributed by atoms with van der Waals surface area (Å²) in [6.45, 7) is 0.429. The Morgan fingerprint density at radius 2 is 1.73 bits per heavy atom. The second-order valence-corrected chi connectivity index (χ2v) is 6.26. The van der Waals surface area contributed by atoms with Crippen LogP contribution < -0.4 is 11.1 Å². The maximum atomic E-state index is 12.3. The Labute approximate surface area is 153 Å². The van der Waals surface area contributed by atoms with Crippen LogP contribution in [-0.2, 0) is 22.4 Å². The summed E-state index contributed by atoms with van der Waals surface area (Å²) in [6, 6.07) is 15.7. The Hall–Kier alpha value is -2.86. The molecule has 2 aromatic carbocycles. The predicted molar refractivity (Wildman–Crippen MR) is 101 cm³/mol. The summed E-state index contributed by atoms with van der Waals surface area (Å²) >= 11 is 0. The molecular formula is C20H25N3O3. The molecule has 26 heavy (non-hydrogen) atoms. The van der Waals surface area contributed by atoms with Crippen LogP contribution in [0, 0.1) is 0 Å². The lowest BCUT2D eigenvalue weighted by Gasteiger charge is -2.21. The van der Waals surface area contributed by atoms with Crippen molar-refractivity contribution in [2.45, 2.75) is 18.9 Å². The highest BCUT2D eigenvalue weighted by atomic mass is 16.3. The van der Waals surface area contributed by atoms with Crippen molar-refractivity contribution in [2.75, 3.05) is 20.1 Å². The number of nitrogens with zero attached hydrogens (tertiary/aromatic N) is 1. The third-order valence-electron chi connectivity index (χ3n) is 4.04. The summed E-state index contributed by atoms with van der Waals surface area (Å²) < 4.78 is 0. The predicted octanol–water partition coefficient (Wildman–Crippen LogP) is 1.08. The second-order valence-electron chi connectivity index (χ2n) is 6.26. The Balaban J connectivity index is 1.73. The van der Waals surface area contributed by atoms with Gasteiger partial charge in [0.25, 0.3) is 0 Å². The summed E-state index contributed by atoms with van der Waals surface area (Å²) in [4.78, 5) is 25.7. The van der Waals surface area contributed by atoms with Crippen LogP contribution in [0.15, 0.2) is 54.6 Å². The maximum Gasteiger partial charge on any atom is 0.240 e. The van der Waals surface area contributed by atoms with Crippen LogP contribution in [0.25, 0.3) is 0 Å². The first-order chi connectivity index (χ1) is 12.5. The van der Waals surface area contributed by atoms with Crippen molar-refractivity contribution in [1.29, 1.82) is 0 Å². The fourth-order valence-corrected chi connectivity index (χ4v) is 2.60. The number of phenols is 1. The number of carbonyl (C=O) groups excluding carboxylic acids is 2. The van der Waals surface area contributed by atoms with Crippen LogP contribution in [0.2, 0.25) is 0 Å². The van der Waals surface area contributed by atoms with Crippen molar-refractivity contribution < 1.29 is 14.7 Å². The van der Waals surface area contributed by atoms with E-state index in [1.807, 2.05) is 30.3 Å². The highest BCUT2D eigenvalue weighted by molar-refractivity contribution is 5.87. The lowest BCUT2D eigenvalue weighted by atomic mass is 10.1. The molecular weight excluding hydrogens is 330 g/mol. The molecule has 4 N–H and O–H groups in total. The zero-order valence-corrected chi connectivity index (χ0v) is 14.9. The zero-order chi connectivity index (χ0) is 18.9. The number of hydrogen-bond acceptors (Lipinski definition) is 4. The summed E-state index contributed by atoms with van der Waals surface area (Å²) in [5.41, 5.74) is 7.97. The molecule has 2 amide bonds. The third-order valence-corrected chi connectivity index (χ3v) is 4.04. The lowest BCUT2D eigenvalue weighted by Crippen LogP contribution is -2.47. The number of phenolic OH excluding ortho intramolecular Hbond substituents is 1. The van der Waals surface area contributed by atoms with E-state index in [4.69, 9.17) is 5.73 Å². The Bertz CT molecular complexity index is 717. The molecule has 6 nitrogen and oxygen atoms in total. The first-order valence-corrected chi connectivity index (χ1v) is 8.55. The van der Waals surface area contributed by atoms with Crippen LogP contribution in [0.3, 0.4) is 0 Å². The van der Waals surface area contributed by atoms with Gasteiger partial charge in [-0.2, -0.15) is 0 Å². The zero-order valence-electron chi connectivity index (χ0n) is 14.9. The minimum atomic E-state index is -0.674. The van der Waals surface area contributed by atoms with E-state index >= 15 is 0 Å². The van der Waals surface area contributed by atoms with E-state index in [-0.39, 0.29) is 24.1 Å². The van der Waals surface area contributed by atoms with Gasteiger partial charge in [-0.25, -0.2) is 0 Å². The monoisotopic (exact) mass is 355 g/mol. The molecule has 0 saturated carbocycles. The number of carbonyl (C=O) groups is 2. The molecule has 0 aliphatic heterocycles. The van der Waals surface area contributed by atoms with E-state index in [1.165, 1.54) is 4.90 Å². The normalized spacial score (nSPS) is 11.6. The molecule has 0 aliphatic rings. The highest BCUT2D eigenvalue weighted by Gasteiger charge is 2.20. The van der Waals surface area contributed by atoms with Crippen LogP contribution in [0.4, 0.5) is 0 Å². The van der Waals surface area contributed by atoms with E-state index in [1.54, 1.807) is 31.3 Å². The summed E-state index contributed by atoms with van der Waals surface area (Å²) in [6.07, 6.45) is 1.09. The molecule has 6 heteroatoms. The fraction of sp³-hybridized carbons (Fsp3) is 0.300. The number of aromatic hydroxyl groups is 1. The third kappa shape index (κ3) is 6.22. The van der Waals surface area contributed by atoms with Crippen molar-refractivity contribution >= 4 is 11.8 Å². The summed E-state index contributed by atoms with van der Waals surface area (Å²) in [5, 5.41) is 12.0. The lowest BCUT2D eigenvalue weighted by molar-refractivity contribution is -0.135. The number of nitrogens with one attached hydrogen (secondary N) is 1. The van der Waals surface area contributed by atoms with E-state index in [2.05, 4.69) is 5.32 Å². The molecule has 0 bridgehead atoms. The Morgan fingerprint density at radius 3 is 2.38 bits per heavy atom. The summed E-state index contributed by atoms with van der Waals surface area (Å²) in [7, 11) is 1.58. The highest BCUT2D eigenvalue weighted by Crippen LogP contribution is 2.09. The van der Waals surface area contributed by atoms with Gasteiger partial charge in [-0.05, 0) is 36.1 Å². The first-order valence-electron chi connectivity index (χ1n) is 8.55. The Kier molecular flexibility index (Phi) is 7.17. The van der Waals surface area contributed by atoms with Crippen molar-refractivity contribution in [1.82, 2.24) is 10.2 Å². The molecule has 0 saturated heterocycles. The van der Waals surface area contributed by atoms with Gasteiger partial charge in [-0.3, -0.25) is 9.59 Å². The molecule has 138 valence electrons. The van der Waals surface area contributed by atoms with E-state index in [0.717, 1.165) is 11.1 Å². The minimum absolute atomic E-state index is 0.0309. The van der Waals surface area contributed by atoms with Crippen molar-refractivity contribution in [3.05, 3.63) is 65.7 Å². The molecule has 0 aromatic heterocycles.